The van der Waals surface area contributed by atoms with E-state index >= 15 is 0 Å². The lowest BCUT2D eigenvalue weighted by Gasteiger charge is -2.17. The molecule has 0 radical (unpaired) electrons. The average Bonchev–Trinajstić information content (AvgIpc) is 2.54. The van der Waals surface area contributed by atoms with Crippen molar-refractivity contribution in [1.82, 2.24) is 5.32 Å². The molecule has 5 nitrogen and oxygen atoms in total. The first-order chi connectivity index (χ1) is 10.7. The first kappa shape index (κ1) is 15.9. The van der Waals surface area contributed by atoms with Crippen LogP contribution in [0.2, 0.25) is 0 Å². The van der Waals surface area contributed by atoms with E-state index in [4.69, 9.17) is 15.2 Å². The molecule has 1 atom stereocenters. The van der Waals surface area contributed by atoms with Crippen LogP contribution in [0.25, 0.3) is 0 Å². The maximum Gasteiger partial charge on any atom is 0.407 e. The van der Waals surface area contributed by atoms with Gasteiger partial charge in [0.15, 0.2) is 0 Å². The van der Waals surface area contributed by atoms with Crippen LogP contribution >= 0.6 is 0 Å². The highest BCUT2D eigenvalue weighted by atomic mass is 16.5. The standard InChI is InChI=1S/C17H20N2O3/c1-2-21-17(20)19-16(12-18)13-7-6-10-15(11-13)22-14-8-4-3-5-9-14/h3-11,16H,2,12,18H2,1H3,(H,19,20). The molecular formula is C17H20N2O3. The first-order valence-corrected chi connectivity index (χ1v) is 7.19. The minimum Gasteiger partial charge on any atom is -0.457 e. The Morgan fingerprint density at radius 1 is 1.14 bits per heavy atom. The second-order valence-corrected chi connectivity index (χ2v) is 4.64. The van der Waals surface area contributed by atoms with Crippen molar-refractivity contribution in [3.05, 3.63) is 60.2 Å². The molecule has 116 valence electrons. The number of hydrogen-bond acceptors (Lipinski definition) is 4. The molecule has 3 N–H and O–H groups in total. The van der Waals surface area contributed by atoms with Crippen LogP contribution in [0.5, 0.6) is 11.5 Å². The van der Waals surface area contributed by atoms with Gasteiger partial charge in [-0.05, 0) is 36.8 Å². The van der Waals surface area contributed by atoms with Gasteiger partial charge in [0, 0.05) is 6.54 Å². The van der Waals surface area contributed by atoms with Crippen molar-refractivity contribution in [3.63, 3.8) is 0 Å². The molecule has 0 saturated carbocycles. The van der Waals surface area contributed by atoms with Gasteiger partial charge in [-0.3, -0.25) is 0 Å². The Hall–Kier alpha value is -2.53. The number of amides is 1. The predicted molar refractivity (Wildman–Crippen MR) is 84.9 cm³/mol. The Kier molecular flexibility index (Phi) is 5.80. The molecule has 2 rings (SSSR count). The summed E-state index contributed by atoms with van der Waals surface area (Å²) in [5.74, 6) is 1.44. The van der Waals surface area contributed by atoms with Crippen LogP contribution < -0.4 is 15.8 Å². The van der Waals surface area contributed by atoms with E-state index in [-0.39, 0.29) is 12.6 Å². The van der Waals surface area contributed by atoms with Crippen molar-refractivity contribution in [1.29, 1.82) is 0 Å². The van der Waals surface area contributed by atoms with E-state index < -0.39 is 6.09 Å². The van der Waals surface area contributed by atoms with Crippen molar-refractivity contribution in [2.45, 2.75) is 13.0 Å². The second-order valence-electron chi connectivity index (χ2n) is 4.64. The zero-order valence-corrected chi connectivity index (χ0v) is 12.5. The summed E-state index contributed by atoms with van der Waals surface area (Å²) in [6.07, 6.45) is -0.479. The Balaban J connectivity index is 2.10. The van der Waals surface area contributed by atoms with Crippen LogP contribution in [0.3, 0.4) is 0 Å². The smallest absolute Gasteiger partial charge is 0.407 e. The van der Waals surface area contributed by atoms with Crippen LogP contribution in [0.4, 0.5) is 4.79 Å². The SMILES string of the molecule is CCOC(=O)NC(CN)c1cccc(Oc2ccccc2)c1. The number of alkyl carbamates (subject to hydrolysis) is 1. The number of nitrogens with one attached hydrogen (secondary N) is 1. The third-order valence-electron chi connectivity index (χ3n) is 3.04. The summed E-state index contributed by atoms with van der Waals surface area (Å²) in [5.41, 5.74) is 6.61. The molecular weight excluding hydrogens is 280 g/mol. The molecule has 0 aliphatic rings. The molecule has 0 saturated heterocycles. The third-order valence-corrected chi connectivity index (χ3v) is 3.04. The fraction of sp³-hybridized carbons (Fsp3) is 0.235. The van der Waals surface area contributed by atoms with Crippen LogP contribution in [0.1, 0.15) is 18.5 Å². The number of carbonyl (C=O) groups excluding carboxylic acids is 1. The number of carbonyl (C=O) groups is 1. The van der Waals surface area contributed by atoms with Crippen molar-refractivity contribution >= 4 is 6.09 Å². The summed E-state index contributed by atoms with van der Waals surface area (Å²) < 4.78 is 10.7. The molecule has 0 fully saturated rings. The summed E-state index contributed by atoms with van der Waals surface area (Å²) in [6.45, 7) is 2.35. The Morgan fingerprint density at radius 3 is 2.55 bits per heavy atom. The fourth-order valence-corrected chi connectivity index (χ4v) is 2.01. The Morgan fingerprint density at radius 2 is 1.86 bits per heavy atom. The van der Waals surface area contributed by atoms with Crippen LogP contribution in [0, 0.1) is 0 Å². The van der Waals surface area contributed by atoms with Gasteiger partial charge in [-0.15, -0.1) is 0 Å². The number of para-hydroxylation sites is 1. The summed E-state index contributed by atoms with van der Waals surface area (Å²) >= 11 is 0. The Labute approximate surface area is 130 Å². The lowest BCUT2D eigenvalue weighted by atomic mass is 10.1. The summed E-state index contributed by atoms with van der Waals surface area (Å²) in [7, 11) is 0. The second kappa shape index (κ2) is 8.05. The topological polar surface area (TPSA) is 73.6 Å². The van der Waals surface area contributed by atoms with Crippen molar-refractivity contribution in [2.75, 3.05) is 13.2 Å². The Bertz CT molecular complexity index is 602. The zero-order chi connectivity index (χ0) is 15.8. The monoisotopic (exact) mass is 300 g/mol. The highest BCUT2D eigenvalue weighted by Gasteiger charge is 2.14. The quantitative estimate of drug-likeness (QED) is 0.859. The number of ether oxygens (including phenoxy) is 2. The van der Waals surface area contributed by atoms with E-state index in [0.717, 1.165) is 11.3 Å². The first-order valence-electron chi connectivity index (χ1n) is 7.19. The van der Waals surface area contributed by atoms with E-state index in [0.29, 0.717) is 12.4 Å². The van der Waals surface area contributed by atoms with Gasteiger partial charge in [-0.25, -0.2) is 4.79 Å². The van der Waals surface area contributed by atoms with Gasteiger partial charge in [0.05, 0.1) is 12.6 Å². The van der Waals surface area contributed by atoms with Crippen LogP contribution in [-0.4, -0.2) is 19.2 Å². The molecule has 0 aromatic heterocycles. The van der Waals surface area contributed by atoms with E-state index in [2.05, 4.69) is 5.32 Å². The van der Waals surface area contributed by atoms with E-state index in [1.165, 1.54) is 0 Å². The maximum absolute atomic E-state index is 11.5. The van der Waals surface area contributed by atoms with Gasteiger partial charge in [0.25, 0.3) is 0 Å². The minimum atomic E-state index is -0.479. The van der Waals surface area contributed by atoms with Gasteiger partial charge >= 0.3 is 6.09 Å². The van der Waals surface area contributed by atoms with Crippen molar-refractivity contribution < 1.29 is 14.3 Å². The molecule has 22 heavy (non-hydrogen) atoms. The summed E-state index contributed by atoms with van der Waals surface area (Å²) in [5, 5.41) is 2.73. The van der Waals surface area contributed by atoms with Gasteiger partial charge in [0.1, 0.15) is 11.5 Å². The number of hydrogen-bond donors (Lipinski definition) is 2. The van der Waals surface area contributed by atoms with E-state index in [1.807, 2.05) is 54.6 Å². The molecule has 5 heteroatoms. The minimum absolute atomic E-state index is 0.271. The molecule has 0 bridgehead atoms. The van der Waals surface area contributed by atoms with Crippen molar-refractivity contribution in [3.8, 4) is 11.5 Å². The van der Waals surface area contributed by atoms with Crippen LogP contribution in [-0.2, 0) is 4.74 Å². The molecule has 2 aromatic rings. The largest absolute Gasteiger partial charge is 0.457 e. The van der Waals surface area contributed by atoms with Crippen LogP contribution in [0.15, 0.2) is 54.6 Å². The molecule has 2 aromatic carbocycles. The molecule has 0 spiro atoms. The van der Waals surface area contributed by atoms with Crippen molar-refractivity contribution in [2.24, 2.45) is 5.73 Å². The van der Waals surface area contributed by atoms with E-state index in [9.17, 15) is 4.79 Å². The lowest BCUT2D eigenvalue weighted by molar-refractivity contribution is 0.148. The number of benzene rings is 2. The highest BCUT2D eigenvalue weighted by Crippen LogP contribution is 2.24. The molecule has 0 aliphatic carbocycles. The summed E-state index contributed by atoms with van der Waals surface area (Å²) in [6, 6.07) is 16.6. The molecule has 0 heterocycles. The summed E-state index contributed by atoms with van der Waals surface area (Å²) in [4.78, 5) is 11.5. The van der Waals surface area contributed by atoms with Gasteiger partial charge in [-0.2, -0.15) is 0 Å². The van der Waals surface area contributed by atoms with Gasteiger partial charge < -0.3 is 20.5 Å². The molecule has 1 amide bonds. The average molecular weight is 300 g/mol. The van der Waals surface area contributed by atoms with E-state index in [1.54, 1.807) is 6.92 Å². The highest BCUT2D eigenvalue weighted by molar-refractivity contribution is 5.68. The molecule has 0 aliphatic heterocycles. The fourth-order valence-electron chi connectivity index (χ4n) is 2.01. The van der Waals surface area contributed by atoms with Gasteiger partial charge in [0.2, 0.25) is 0 Å². The normalized spacial score (nSPS) is 11.5. The lowest BCUT2D eigenvalue weighted by Crippen LogP contribution is -2.33. The predicted octanol–water partition coefficient (Wildman–Crippen LogP) is 3.22. The maximum atomic E-state index is 11.5. The number of rotatable bonds is 6. The molecule has 1 unspecified atom stereocenters. The number of nitrogens with two attached hydrogens (primary N) is 1. The third kappa shape index (κ3) is 4.49. The zero-order valence-electron chi connectivity index (χ0n) is 12.5. The van der Waals surface area contributed by atoms with Gasteiger partial charge in [-0.1, -0.05) is 30.3 Å².